The fourth-order valence-electron chi connectivity index (χ4n) is 2.23. The van der Waals surface area contributed by atoms with Gasteiger partial charge < -0.3 is 10.1 Å². The first-order valence-electron chi connectivity index (χ1n) is 7.43. The van der Waals surface area contributed by atoms with Crippen molar-refractivity contribution >= 4 is 11.6 Å². The second-order valence-electron chi connectivity index (χ2n) is 5.24. The number of nitrogens with one attached hydrogen (secondary N) is 1. The van der Waals surface area contributed by atoms with Crippen molar-refractivity contribution in [2.24, 2.45) is 0 Å². The molecule has 1 aromatic heterocycles. The van der Waals surface area contributed by atoms with Crippen molar-refractivity contribution < 1.29 is 9.53 Å². The molecule has 122 valence electrons. The first-order chi connectivity index (χ1) is 11.7. The van der Waals surface area contributed by atoms with E-state index in [-0.39, 0.29) is 12.5 Å². The Kier molecular flexibility index (Phi) is 4.51. The zero-order valence-corrected chi connectivity index (χ0v) is 13.4. The number of hydrogen-bond donors (Lipinski definition) is 1. The molecule has 0 fully saturated rings. The van der Waals surface area contributed by atoms with Gasteiger partial charge in [0.15, 0.2) is 0 Å². The van der Waals surface area contributed by atoms with Crippen LogP contribution in [0.3, 0.4) is 0 Å². The largest absolute Gasteiger partial charge is 0.497 e. The van der Waals surface area contributed by atoms with Crippen LogP contribution >= 0.6 is 0 Å². The summed E-state index contributed by atoms with van der Waals surface area (Å²) < 4.78 is 5.15. The summed E-state index contributed by atoms with van der Waals surface area (Å²) in [7, 11) is 1.60. The van der Waals surface area contributed by atoms with Gasteiger partial charge in [-0.15, -0.1) is 10.2 Å². The topological polar surface area (TPSA) is 81.9 Å². The van der Waals surface area contributed by atoms with Gasteiger partial charge in [0, 0.05) is 11.3 Å². The van der Waals surface area contributed by atoms with Crippen LogP contribution in [-0.4, -0.2) is 33.2 Å². The molecule has 0 aliphatic heterocycles. The van der Waals surface area contributed by atoms with Crippen LogP contribution in [0.25, 0.3) is 11.4 Å². The number of amides is 1. The van der Waals surface area contributed by atoms with Gasteiger partial charge in [-0.25, -0.2) is 0 Å². The highest BCUT2D eigenvalue weighted by Crippen LogP contribution is 2.21. The molecule has 0 spiro atoms. The minimum atomic E-state index is -0.222. The lowest BCUT2D eigenvalue weighted by Crippen LogP contribution is -2.21. The summed E-state index contributed by atoms with van der Waals surface area (Å²) in [6.07, 6.45) is 0. The van der Waals surface area contributed by atoms with E-state index in [1.54, 1.807) is 19.2 Å². The van der Waals surface area contributed by atoms with Gasteiger partial charge >= 0.3 is 0 Å². The van der Waals surface area contributed by atoms with E-state index in [1.807, 2.05) is 43.3 Å². The molecule has 7 nitrogen and oxygen atoms in total. The summed E-state index contributed by atoms with van der Waals surface area (Å²) in [6.45, 7) is 1.89. The standard InChI is InChI=1S/C17H17N5O2/c1-12-10-14(24-2)8-9-15(12)18-16(23)11-22-20-17(19-21-22)13-6-4-3-5-7-13/h3-10H,11H2,1-2H3,(H,18,23). The van der Waals surface area contributed by atoms with Crippen LogP contribution in [0.15, 0.2) is 48.5 Å². The van der Waals surface area contributed by atoms with Crippen LogP contribution in [-0.2, 0) is 11.3 Å². The van der Waals surface area contributed by atoms with Gasteiger partial charge in [-0.05, 0) is 35.9 Å². The molecule has 1 amide bonds. The highest BCUT2D eigenvalue weighted by atomic mass is 16.5. The number of hydrogen-bond acceptors (Lipinski definition) is 5. The maximum Gasteiger partial charge on any atom is 0.248 e. The number of rotatable bonds is 5. The third-order valence-corrected chi connectivity index (χ3v) is 3.48. The second-order valence-corrected chi connectivity index (χ2v) is 5.24. The molecular formula is C17H17N5O2. The normalized spacial score (nSPS) is 10.4. The third kappa shape index (κ3) is 3.57. The number of aryl methyl sites for hydroxylation is 1. The number of tetrazole rings is 1. The lowest BCUT2D eigenvalue weighted by Gasteiger charge is -2.09. The fraction of sp³-hybridized carbons (Fsp3) is 0.176. The van der Waals surface area contributed by atoms with Gasteiger partial charge in [-0.1, -0.05) is 30.3 Å². The number of anilines is 1. The molecule has 3 aromatic rings. The monoisotopic (exact) mass is 323 g/mol. The quantitative estimate of drug-likeness (QED) is 0.779. The predicted molar refractivity (Wildman–Crippen MR) is 89.6 cm³/mol. The zero-order valence-electron chi connectivity index (χ0n) is 13.4. The summed E-state index contributed by atoms with van der Waals surface area (Å²) in [5.41, 5.74) is 2.50. The average Bonchev–Trinajstić information content (AvgIpc) is 3.06. The van der Waals surface area contributed by atoms with Crippen LogP contribution in [0.4, 0.5) is 5.69 Å². The van der Waals surface area contributed by atoms with E-state index in [2.05, 4.69) is 20.7 Å². The molecule has 0 saturated carbocycles. The minimum absolute atomic E-state index is 0.00863. The SMILES string of the molecule is COc1ccc(NC(=O)Cn2nnc(-c3ccccc3)n2)c(C)c1. The molecule has 0 saturated heterocycles. The number of ether oxygens (including phenoxy) is 1. The average molecular weight is 323 g/mol. The Balaban J connectivity index is 1.66. The van der Waals surface area contributed by atoms with E-state index >= 15 is 0 Å². The van der Waals surface area contributed by atoms with Crippen molar-refractivity contribution in [2.45, 2.75) is 13.5 Å². The first-order valence-corrected chi connectivity index (χ1v) is 7.43. The molecule has 0 aliphatic carbocycles. The fourth-order valence-corrected chi connectivity index (χ4v) is 2.23. The zero-order chi connectivity index (χ0) is 16.9. The Hall–Kier alpha value is -3.22. The van der Waals surface area contributed by atoms with Crippen LogP contribution in [0.5, 0.6) is 5.75 Å². The Bertz CT molecular complexity index is 845. The van der Waals surface area contributed by atoms with Crippen molar-refractivity contribution in [2.75, 3.05) is 12.4 Å². The molecule has 0 unspecified atom stereocenters. The van der Waals surface area contributed by atoms with Crippen molar-refractivity contribution in [3.63, 3.8) is 0 Å². The van der Waals surface area contributed by atoms with Gasteiger partial charge in [0.25, 0.3) is 0 Å². The van der Waals surface area contributed by atoms with Crippen molar-refractivity contribution in [1.29, 1.82) is 0 Å². The first kappa shape index (κ1) is 15.7. The summed E-state index contributed by atoms with van der Waals surface area (Å²) in [5.74, 6) is 1.01. The lowest BCUT2D eigenvalue weighted by molar-refractivity contribution is -0.117. The maximum absolute atomic E-state index is 12.2. The molecule has 0 aliphatic rings. The molecule has 1 N–H and O–H groups in total. The van der Waals surface area contributed by atoms with Gasteiger partial charge in [-0.3, -0.25) is 4.79 Å². The Morgan fingerprint density at radius 1 is 1.21 bits per heavy atom. The number of nitrogens with zero attached hydrogens (tertiary/aromatic N) is 4. The lowest BCUT2D eigenvalue weighted by atomic mass is 10.2. The van der Waals surface area contributed by atoms with Gasteiger partial charge in [0.2, 0.25) is 11.7 Å². The molecule has 24 heavy (non-hydrogen) atoms. The summed E-state index contributed by atoms with van der Waals surface area (Å²) in [5, 5.41) is 15.0. The summed E-state index contributed by atoms with van der Waals surface area (Å²) >= 11 is 0. The van der Waals surface area contributed by atoms with Crippen LogP contribution in [0, 0.1) is 6.92 Å². The van der Waals surface area contributed by atoms with Crippen molar-refractivity contribution in [1.82, 2.24) is 20.2 Å². The van der Waals surface area contributed by atoms with Crippen LogP contribution < -0.4 is 10.1 Å². The van der Waals surface area contributed by atoms with Crippen LogP contribution in [0.1, 0.15) is 5.56 Å². The molecule has 2 aromatic carbocycles. The molecule has 7 heteroatoms. The number of aromatic nitrogens is 4. The van der Waals surface area contributed by atoms with Crippen molar-refractivity contribution in [3.05, 3.63) is 54.1 Å². The number of methoxy groups -OCH3 is 1. The molecule has 0 bridgehead atoms. The Morgan fingerprint density at radius 3 is 2.71 bits per heavy atom. The molecular weight excluding hydrogens is 306 g/mol. The second kappa shape index (κ2) is 6.91. The van der Waals surface area contributed by atoms with Gasteiger partial charge in [0.1, 0.15) is 12.3 Å². The Labute approximate surface area is 139 Å². The summed E-state index contributed by atoms with van der Waals surface area (Å²) in [6, 6.07) is 14.9. The molecule has 3 rings (SSSR count). The van der Waals surface area contributed by atoms with Crippen LogP contribution in [0.2, 0.25) is 0 Å². The van der Waals surface area contributed by atoms with Gasteiger partial charge in [0.05, 0.1) is 7.11 Å². The number of benzene rings is 2. The highest BCUT2D eigenvalue weighted by molar-refractivity contribution is 5.91. The van der Waals surface area contributed by atoms with E-state index in [1.165, 1.54) is 4.80 Å². The number of carbonyl (C=O) groups is 1. The summed E-state index contributed by atoms with van der Waals surface area (Å²) in [4.78, 5) is 13.4. The predicted octanol–water partition coefficient (Wildman–Crippen LogP) is 2.30. The van der Waals surface area contributed by atoms with E-state index < -0.39 is 0 Å². The van der Waals surface area contributed by atoms with E-state index in [4.69, 9.17) is 4.74 Å². The van der Waals surface area contributed by atoms with E-state index in [0.29, 0.717) is 5.82 Å². The molecule has 0 radical (unpaired) electrons. The van der Waals surface area contributed by atoms with Crippen molar-refractivity contribution in [3.8, 4) is 17.1 Å². The Morgan fingerprint density at radius 2 is 2.00 bits per heavy atom. The third-order valence-electron chi connectivity index (χ3n) is 3.48. The highest BCUT2D eigenvalue weighted by Gasteiger charge is 2.10. The molecule has 1 heterocycles. The minimum Gasteiger partial charge on any atom is -0.497 e. The van der Waals surface area contributed by atoms with Gasteiger partial charge in [-0.2, -0.15) is 4.80 Å². The number of carbonyl (C=O) groups excluding carboxylic acids is 1. The molecule has 0 atom stereocenters. The van der Waals surface area contributed by atoms with E-state index in [9.17, 15) is 4.79 Å². The maximum atomic E-state index is 12.2. The smallest absolute Gasteiger partial charge is 0.248 e. The van der Waals surface area contributed by atoms with E-state index in [0.717, 1.165) is 22.6 Å².